The van der Waals surface area contributed by atoms with Crippen molar-refractivity contribution < 1.29 is 4.74 Å². The first kappa shape index (κ1) is 18.1. The van der Waals surface area contributed by atoms with Crippen molar-refractivity contribution >= 4 is 16.7 Å². The zero-order valence-electron chi connectivity index (χ0n) is 15.9. The molecule has 0 aliphatic carbocycles. The first-order chi connectivity index (χ1) is 13.8. The molecule has 1 heterocycles. The maximum absolute atomic E-state index is 5.31. The van der Waals surface area contributed by atoms with E-state index in [1.54, 1.807) is 13.4 Å². The molecule has 140 valence electrons. The fourth-order valence-corrected chi connectivity index (χ4v) is 3.42. The number of hydrogen-bond donors (Lipinski definition) is 1. The van der Waals surface area contributed by atoms with Crippen molar-refractivity contribution in [1.82, 2.24) is 9.97 Å². The number of fused-ring (bicyclic) bond motifs is 1. The van der Waals surface area contributed by atoms with Gasteiger partial charge in [-0.25, -0.2) is 9.97 Å². The van der Waals surface area contributed by atoms with Gasteiger partial charge < -0.3 is 10.1 Å². The van der Waals surface area contributed by atoms with Gasteiger partial charge >= 0.3 is 0 Å². The minimum absolute atomic E-state index is 0.632. The van der Waals surface area contributed by atoms with E-state index in [4.69, 9.17) is 4.74 Å². The van der Waals surface area contributed by atoms with Crippen LogP contribution in [0.1, 0.15) is 11.1 Å². The summed E-state index contributed by atoms with van der Waals surface area (Å²) in [7, 11) is 1.73. The highest BCUT2D eigenvalue weighted by molar-refractivity contribution is 5.92. The second-order valence-electron chi connectivity index (χ2n) is 6.70. The Labute approximate surface area is 165 Å². The topological polar surface area (TPSA) is 47.0 Å². The lowest BCUT2D eigenvalue weighted by atomic mass is 10.0. The van der Waals surface area contributed by atoms with E-state index in [0.717, 1.165) is 35.2 Å². The van der Waals surface area contributed by atoms with Crippen LogP contribution in [-0.4, -0.2) is 23.6 Å². The third-order valence-corrected chi connectivity index (χ3v) is 4.85. The Bertz CT molecular complexity index is 1060. The van der Waals surface area contributed by atoms with Crippen LogP contribution in [0.2, 0.25) is 0 Å². The molecule has 28 heavy (non-hydrogen) atoms. The van der Waals surface area contributed by atoms with Gasteiger partial charge in [-0.2, -0.15) is 0 Å². The lowest BCUT2D eigenvalue weighted by Crippen LogP contribution is -2.08. The van der Waals surface area contributed by atoms with Gasteiger partial charge in [0.1, 0.15) is 12.1 Å². The predicted octanol–water partition coefficient (Wildman–Crippen LogP) is 5.10. The third kappa shape index (κ3) is 4.02. The Morgan fingerprint density at radius 3 is 2.43 bits per heavy atom. The van der Waals surface area contributed by atoms with Gasteiger partial charge in [0.2, 0.25) is 0 Å². The van der Waals surface area contributed by atoms with Crippen molar-refractivity contribution in [3.63, 3.8) is 0 Å². The van der Waals surface area contributed by atoms with Gasteiger partial charge in [0.25, 0.3) is 0 Å². The van der Waals surface area contributed by atoms with Gasteiger partial charge in [0, 0.05) is 19.0 Å². The molecule has 0 saturated carbocycles. The summed E-state index contributed by atoms with van der Waals surface area (Å²) in [4.78, 5) is 8.90. The van der Waals surface area contributed by atoms with E-state index in [0.29, 0.717) is 6.61 Å². The second-order valence-corrected chi connectivity index (χ2v) is 6.70. The Balaban J connectivity index is 1.55. The molecule has 3 aromatic carbocycles. The summed E-state index contributed by atoms with van der Waals surface area (Å²) in [5.41, 5.74) is 5.81. The minimum Gasteiger partial charge on any atom is -0.380 e. The van der Waals surface area contributed by atoms with Gasteiger partial charge in [-0.3, -0.25) is 0 Å². The van der Waals surface area contributed by atoms with Crippen LogP contribution in [0, 0.1) is 0 Å². The summed E-state index contributed by atoms with van der Waals surface area (Å²) >= 11 is 0. The molecule has 0 atom stereocenters. The van der Waals surface area contributed by atoms with Gasteiger partial charge in [0.05, 0.1) is 12.1 Å². The highest BCUT2D eigenvalue weighted by Gasteiger charge is 2.07. The summed E-state index contributed by atoms with van der Waals surface area (Å²) in [5, 5.41) is 4.53. The molecule has 0 radical (unpaired) electrons. The largest absolute Gasteiger partial charge is 0.380 e. The molecule has 4 aromatic rings. The third-order valence-electron chi connectivity index (χ3n) is 4.85. The van der Waals surface area contributed by atoms with Crippen molar-refractivity contribution in [2.24, 2.45) is 0 Å². The van der Waals surface area contributed by atoms with Gasteiger partial charge in [-0.05, 0) is 40.8 Å². The molecular weight excluding hydrogens is 346 g/mol. The number of anilines is 1. The van der Waals surface area contributed by atoms with E-state index >= 15 is 0 Å². The van der Waals surface area contributed by atoms with E-state index in [1.807, 2.05) is 12.1 Å². The number of rotatable bonds is 7. The molecule has 0 aliphatic heterocycles. The Kier molecular flexibility index (Phi) is 5.59. The highest BCUT2D eigenvalue weighted by Crippen LogP contribution is 2.26. The average Bonchev–Trinajstić information content (AvgIpc) is 2.75. The van der Waals surface area contributed by atoms with Crippen LogP contribution >= 0.6 is 0 Å². The summed E-state index contributed by atoms with van der Waals surface area (Å²) in [6.45, 7) is 1.43. The standard InChI is InChI=1S/C24H23N3O/c1-28-16-21-10-6-5-9-19(21)13-14-25-24-22-15-20(18-7-3-2-4-8-18)11-12-23(22)26-17-27-24/h2-12,15,17H,13-14,16H2,1H3,(H,25,26,27). The van der Waals surface area contributed by atoms with Crippen molar-refractivity contribution in [3.8, 4) is 11.1 Å². The molecule has 1 aromatic heterocycles. The van der Waals surface area contributed by atoms with Gasteiger partial charge in [-0.15, -0.1) is 0 Å². The van der Waals surface area contributed by atoms with Crippen LogP contribution in [0.4, 0.5) is 5.82 Å². The molecule has 4 nitrogen and oxygen atoms in total. The number of ether oxygens (including phenoxy) is 1. The van der Waals surface area contributed by atoms with Crippen molar-refractivity contribution in [3.05, 3.63) is 90.3 Å². The fraction of sp³-hybridized carbons (Fsp3) is 0.167. The molecular formula is C24H23N3O. The molecule has 0 saturated heterocycles. The molecule has 4 rings (SSSR count). The molecule has 0 bridgehead atoms. The number of nitrogens with zero attached hydrogens (tertiary/aromatic N) is 2. The van der Waals surface area contributed by atoms with Crippen LogP contribution in [-0.2, 0) is 17.8 Å². The summed E-state index contributed by atoms with van der Waals surface area (Å²) in [5.74, 6) is 0.868. The molecule has 0 aliphatic rings. The number of aromatic nitrogens is 2. The van der Waals surface area contributed by atoms with E-state index in [-0.39, 0.29) is 0 Å². The van der Waals surface area contributed by atoms with Gasteiger partial charge in [0.15, 0.2) is 0 Å². The number of methoxy groups -OCH3 is 1. The lowest BCUT2D eigenvalue weighted by Gasteiger charge is -2.12. The molecule has 0 spiro atoms. The molecule has 1 N–H and O–H groups in total. The molecule has 0 unspecified atom stereocenters. The SMILES string of the molecule is COCc1ccccc1CCNc1ncnc2ccc(-c3ccccc3)cc12. The zero-order chi connectivity index (χ0) is 19.2. The van der Waals surface area contributed by atoms with Crippen LogP contribution in [0.3, 0.4) is 0 Å². The van der Waals surface area contributed by atoms with Crippen molar-refractivity contribution in [2.45, 2.75) is 13.0 Å². The Morgan fingerprint density at radius 1 is 0.821 bits per heavy atom. The number of hydrogen-bond acceptors (Lipinski definition) is 4. The maximum atomic E-state index is 5.31. The quantitative estimate of drug-likeness (QED) is 0.492. The maximum Gasteiger partial charge on any atom is 0.137 e. The smallest absolute Gasteiger partial charge is 0.137 e. The summed E-state index contributed by atoms with van der Waals surface area (Å²) in [6, 6.07) is 25.1. The first-order valence-corrected chi connectivity index (χ1v) is 9.45. The molecule has 0 amide bonds. The van der Waals surface area contributed by atoms with E-state index in [1.165, 1.54) is 16.7 Å². The van der Waals surface area contributed by atoms with E-state index in [9.17, 15) is 0 Å². The lowest BCUT2D eigenvalue weighted by molar-refractivity contribution is 0.184. The molecule has 4 heteroatoms. The van der Waals surface area contributed by atoms with E-state index in [2.05, 4.69) is 75.9 Å². The number of benzene rings is 3. The van der Waals surface area contributed by atoms with E-state index < -0.39 is 0 Å². The zero-order valence-corrected chi connectivity index (χ0v) is 15.9. The summed E-state index contributed by atoms with van der Waals surface area (Å²) in [6.07, 6.45) is 2.52. The Hall–Kier alpha value is -3.24. The average molecular weight is 369 g/mol. The predicted molar refractivity (Wildman–Crippen MR) is 114 cm³/mol. The van der Waals surface area contributed by atoms with Crippen LogP contribution < -0.4 is 5.32 Å². The first-order valence-electron chi connectivity index (χ1n) is 9.45. The number of nitrogens with one attached hydrogen (secondary N) is 1. The normalized spacial score (nSPS) is 10.9. The van der Waals surface area contributed by atoms with Crippen molar-refractivity contribution in [1.29, 1.82) is 0 Å². The molecule has 0 fully saturated rings. The Morgan fingerprint density at radius 2 is 1.61 bits per heavy atom. The fourth-order valence-electron chi connectivity index (χ4n) is 3.42. The van der Waals surface area contributed by atoms with Crippen molar-refractivity contribution in [2.75, 3.05) is 19.0 Å². The van der Waals surface area contributed by atoms with Crippen LogP contribution in [0.25, 0.3) is 22.0 Å². The van der Waals surface area contributed by atoms with Crippen LogP contribution in [0.15, 0.2) is 79.1 Å². The second kappa shape index (κ2) is 8.63. The minimum atomic E-state index is 0.632. The summed E-state index contributed by atoms with van der Waals surface area (Å²) < 4.78 is 5.31. The van der Waals surface area contributed by atoms with Crippen LogP contribution in [0.5, 0.6) is 0 Å². The monoisotopic (exact) mass is 369 g/mol. The highest BCUT2D eigenvalue weighted by atomic mass is 16.5. The van der Waals surface area contributed by atoms with Gasteiger partial charge in [-0.1, -0.05) is 60.7 Å².